The van der Waals surface area contributed by atoms with Crippen molar-refractivity contribution in [2.45, 2.75) is 50.5 Å². The highest BCUT2D eigenvalue weighted by Crippen LogP contribution is 2.29. The van der Waals surface area contributed by atoms with Crippen molar-refractivity contribution in [3.05, 3.63) is 54.6 Å². The number of nitrogens with zero attached hydrogens (tertiary/aromatic N) is 2. The van der Waals surface area contributed by atoms with Crippen molar-refractivity contribution >= 4 is 32.7 Å². The van der Waals surface area contributed by atoms with E-state index in [1.807, 2.05) is 30.3 Å². The first kappa shape index (κ1) is 23.4. The molecule has 7 nitrogen and oxygen atoms in total. The third kappa shape index (κ3) is 6.21. The van der Waals surface area contributed by atoms with Crippen LogP contribution in [0, 0.1) is 11.8 Å². The fourth-order valence-electron chi connectivity index (χ4n) is 4.33. The number of para-hydroxylation sites is 1. The molecule has 1 aromatic heterocycles. The number of nitrogens with one attached hydrogen (secondary N) is 3. The summed E-state index contributed by atoms with van der Waals surface area (Å²) in [6, 6.07) is 16.9. The molecule has 33 heavy (non-hydrogen) atoms. The molecule has 0 unspecified atom stereocenters. The van der Waals surface area contributed by atoms with E-state index in [-0.39, 0.29) is 6.04 Å². The summed E-state index contributed by atoms with van der Waals surface area (Å²) in [6.07, 6.45) is 4.16. The summed E-state index contributed by atoms with van der Waals surface area (Å²) in [5.41, 5.74) is 0.924. The number of anilines is 2. The molecule has 3 aromatic rings. The molecule has 0 amide bonds. The lowest BCUT2D eigenvalue weighted by molar-refractivity contribution is 0.284. The lowest BCUT2D eigenvalue weighted by atomic mass is 9.82. The van der Waals surface area contributed by atoms with Gasteiger partial charge in [-0.25, -0.2) is 18.1 Å². The van der Waals surface area contributed by atoms with Crippen molar-refractivity contribution < 1.29 is 8.42 Å². The highest BCUT2D eigenvalue weighted by atomic mass is 32.2. The number of benzene rings is 2. The second-order valence-electron chi connectivity index (χ2n) is 9.14. The van der Waals surface area contributed by atoms with Gasteiger partial charge in [0, 0.05) is 24.5 Å². The highest BCUT2D eigenvalue weighted by molar-refractivity contribution is 7.89. The van der Waals surface area contributed by atoms with Gasteiger partial charge in [-0.1, -0.05) is 30.3 Å². The number of aromatic nitrogens is 2. The van der Waals surface area contributed by atoms with Crippen molar-refractivity contribution in [3.63, 3.8) is 0 Å². The zero-order chi connectivity index (χ0) is 23.3. The summed E-state index contributed by atoms with van der Waals surface area (Å²) in [5.74, 6) is 2.41. The van der Waals surface area contributed by atoms with Crippen LogP contribution in [0.5, 0.6) is 0 Å². The average Bonchev–Trinajstić information content (AvgIpc) is 2.82. The van der Waals surface area contributed by atoms with Gasteiger partial charge in [0.05, 0.1) is 10.4 Å². The van der Waals surface area contributed by atoms with Crippen LogP contribution in [0.4, 0.5) is 11.8 Å². The van der Waals surface area contributed by atoms with E-state index in [4.69, 9.17) is 4.98 Å². The van der Waals surface area contributed by atoms with E-state index in [0.717, 1.165) is 48.9 Å². The molecule has 0 aliphatic heterocycles. The van der Waals surface area contributed by atoms with E-state index in [9.17, 15) is 8.42 Å². The van der Waals surface area contributed by atoms with Gasteiger partial charge >= 0.3 is 0 Å². The third-order valence-electron chi connectivity index (χ3n) is 6.16. The van der Waals surface area contributed by atoms with Crippen molar-refractivity contribution in [2.24, 2.45) is 11.8 Å². The van der Waals surface area contributed by atoms with Crippen molar-refractivity contribution in [2.75, 3.05) is 23.7 Å². The highest BCUT2D eigenvalue weighted by Gasteiger charge is 2.23. The van der Waals surface area contributed by atoms with Crippen LogP contribution in [-0.4, -0.2) is 37.5 Å². The number of fused-ring (bicyclic) bond motifs is 1. The zero-order valence-electron chi connectivity index (χ0n) is 19.3. The second-order valence-corrected chi connectivity index (χ2v) is 10.9. The molecule has 176 valence electrons. The standard InChI is InChI=1S/C25H33N5O2S/c1-18(2)28-24-22-10-6-7-11-23(22)29-25(30-24)26-16-19-12-14-20(15-13-19)17-27-33(31,32)21-8-4-3-5-9-21/h3-11,18-20,27H,12-17H2,1-2H3,(H2,26,28,29,30)/t19-,20-. The van der Waals surface area contributed by atoms with Gasteiger partial charge in [0.15, 0.2) is 0 Å². The third-order valence-corrected chi connectivity index (χ3v) is 7.60. The maximum atomic E-state index is 12.4. The van der Waals surface area contributed by atoms with Crippen LogP contribution in [0.2, 0.25) is 0 Å². The number of sulfonamides is 1. The Morgan fingerprint density at radius 2 is 1.52 bits per heavy atom. The van der Waals surface area contributed by atoms with E-state index in [0.29, 0.717) is 29.2 Å². The van der Waals surface area contributed by atoms with Crippen LogP contribution < -0.4 is 15.4 Å². The van der Waals surface area contributed by atoms with Gasteiger partial charge in [-0.05, 0) is 75.6 Å². The van der Waals surface area contributed by atoms with Gasteiger partial charge in [0.1, 0.15) is 5.82 Å². The van der Waals surface area contributed by atoms with E-state index >= 15 is 0 Å². The smallest absolute Gasteiger partial charge is 0.240 e. The minimum atomic E-state index is -3.44. The summed E-state index contributed by atoms with van der Waals surface area (Å²) < 4.78 is 27.7. The Bertz CT molecular complexity index is 1160. The van der Waals surface area contributed by atoms with E-state index in [1.165, 1.54) is 0 Å². The number of hydrogen-bond acceptors (Lipinski definition) is 6. The molecular weight excluding hydrogens is 434 g/mol. The molecule has 1 heterocycles. The van der Waals surface area contributed by atoms with Crippen LogP contribution in [-0.2, 0) is 10.0 Å². The van der Waals surface area contributed by atoms with Gasteiger partial charge in [-0.3, -0.25) is 0 Å². The number of hydrogen-bond donors (Lipinski definition) is 3. The molecule has 3 N–H and O–H groups in total. The van der Waals surface area contributed by atoms with E-state index in [1.54, 1.807) is 24.3 Å². The largest absolute Gasteiger partial charge is 0.367 e. The predicted octanol–water partition coefficient (Wildman–Crippen LogP) is 4.65. The Kier molecular flexibility index (Phi) is 7.45. The molecule has 1 aliphatic rings. The SMILES string of the molecule is CC(C)Nc1nc(NC[C@H]2CC[C@H](CNS(=O)(=O)c3ccccc3)CC2)nc2ccccc12. The molecule has 0 saturated heterocycles. The Hall–Kier alpha value is -2.71. The molecule has 0 bridgehead atoms. The molecule has 1 aliphatic carbocycles. The Morgan fingerprint density at radius 1 is 0.879 bits per heavy atom. The molecule has 0 spiro atoms. The minimum absolute atomic E-state index is 0.283. The maximum Gasteiger partial charge on any atom is 0.240 e. The summed E-state index contributed by atoms with van der Waals surface area (Å²) in [4.78, 5) is 9.73. The monoisotopic (exact) mass is 467 g/mol. The fraction of sp³-hybridized carbons (Fsp3) is 0.440. The zero-order valence-corrected chi connectivity index (χ0v) is 20.1. The second kappa shape index (κ2) is 10.5. The van der Waals surface area contributed by atoms with Crippen molar-refractivity contribution in [1.82, 2.24) is 14.7 Å². The normalized spacial score (nSPS) is 19.0. The lowest BCUT2D eigenvalue weighted by Gasteiger charge is -2.28. The first-order valence-corrected chi connectivity index (χ1v) is 13.2. The minimum Gasteiger partial charge on any atom is -0.367 e. The van der Waals surface area contributed by atoms with Crippen LogP contribution >= 0.6 is 0 Å². The Morgan fingerprint density at radius 3 is 2.21 bits per heavy atom. The molecule has 8 heteroatoms. The molecule has 2 aromatic carbocycles. The summed E-state index contributed by atoms with van der Waals surface area (Å²) in [5, 5.41) is 7.89. The van der Waals surface area contributed by atoms with Gasteiger partial charge in [-0.2, -0.15) is 4.98 Å². The molecule has 0 radical (unpaired) electrons. The summed E-state index contributed by atoms with van der Waals surface area (Å²) in [7, 11) is -3.44. The van der Waals surface area contributed by atoms with Crippen LogP contribution in [0.3, 0.4) is 0 Å². The molecular formula is C25H33N5O2S. The predicted molar refractivity (Wildman–Crippen MR) is 134 cm³/mol. The van der Waals surface area contributed by atoms with E-state index < -0.39 is 10.0 Å². The van der Waals surface area contributed by atoms with Crippen molar-refractivity contribution in [1.29, 1.82) is 0 Å². The number of rotatable bonds is 9. The van der Waals surface area contributed by atoms with Gasteiger partial charge in [-0.15, -0.1) is 0 Å². The van der Waals surface area contributed by atoms with Gasteiger partial charge in [0.25, 0.3) is 0 Å². The van der Waals surface area contributed by atoms with Crippen LogP contribution in [0.25, 0.3) is 10.9 Å². The van der Waals surface area contributed by atoms with Crippen LogP contribution in [0.15, 0.2) is 59.5 Å². The molecule has 1 saturated carbocycles. The summed E-state index contributed by atoms with van der Waals surface area (Å²) >= 11 is 0. The van der Waals surface area contributed by atoms with E-state index in [2.05, 4.69) is 34.2 Å². The summed E-state index contributed by atoms with van der Waals surface area (Å²) in [6.45, 7) is 5.52. The van der Waals surface area contributed by atoms with Crippen LogP contribution in [0.1, 0.15) is 39.5 Å². The Labute approximate surface area is 196 Å². The van der Waals surface area contributed by atoms with Crippen molar-refractivity contribution in [3.8, 4) is 0 Å². The molecule has 0 atom stereocenters. The quantitative estimate of drug-likeness (QED) is 0.424. The lowest BCUT2D eigenvalue weighted by Crippen LogP contribution is -2.32. The van der Waals surface area contributed by atoms with Gasteiger partial charge < -0.3 is 10.6 Å². The average molecular weight is 468 g/mol. The first-order valence-electron chi connectivity index (χ1n) is 11.7. The maximum absolute atomic E-state index is 12.4. The molecule has 1 fully saturated rings. The van der Waals surface area contributed by atoms with Gasteiger partial charge in [0.2, 0.25) is 16.0 Å². The molecule has 4 rings (SSSR count). The fourth-order valence-corrected chi connectivity index (χ4v) is 5.46. The topological polar surface area (TPSA) is 96.0 Å². The Balaban J connectivity index is 1.29. The first-order chi connectivity index (χ1) is 15.9.